The maximum Gasteiger partial charge on any atom is 0.323 e. The van der Waals surface area contributed by atoms with Crippen LogP contribution in [0.5, 0.6) is 0 Å². The molecule has 0 radical (unpaired) electrons. The van der Waals surface area contributed by atoms with Crippen LogP contribution in [-0.2, 0) is 4.79 Å². The van der Waals surface area contributed by atoms with Crippen LogP contribution in [0.3, 0.4) is 0 Å². The number of hydrogen-bond acceptors (Lipinski definition) is 4. The average Bonchev–Trinajstić information content (AvgIpc) is 3.26. The molecule has 6 nitrogen and oxygen atoms in total. The maximum absolute atomic E-state index is 13.8. The van der Waals surface area contributed by atoms with Gasteiger partial charge in [-0.15, -0.1) is 11.3 Å². The van der Waals surface area contributed by atoms with Crippen molar-refractivity contribution in [1.29, 1.82) is 0 Å². The smallest absolute Gasteiger partial charge is 0.323 e. The second kappa shape index (κ2) is 9.67. The average molecular weight is 474 g/mol. The monoisotopic (exact) mass is 473 g/mol. The Morgan fingerprint density at radius 3 is 2.44 bits per heavy atom. The number of anilines is 2. The van der Waals surface area contributed by atoms with Crippen LogP contribution >= 0.6 is 22.9 Å². The van der Waals surface area contributed by atoms with Gasteiger partial charge in [-0.1, -0.05) is 23.7 Å². The number of carbonyl (C=O) groups is 2. The lowest BCUT2D eigenvalue weighted by molar-refractivity contribution is -0.142. The van der Waals surface area contributed by atoms with Gasteiger partial charge in [-0.3, -0.25) is 4.79 Å². The van der Waals surface area contributed by atoms with Crippen molar-refractivity contribution in [2.24, 2.45) is 5.92 Å². The Morgan fingerprint density at radius 2 is 1.78 bits per heavy atom. The Morgan fingerprint density at radius 1 is 1.06 bits per heavy atom. The molecule has 1 fully saturated rings. The van der Waals surface area contributed by atoms with Crippen LogP contribution < -0.4 is 10.6 Å². The van der Waals surface area contributed by atoms with Crippen molar-refractivity contribution < 1.29 is 19.1 Å². The first-order valence-corrected chi connectivity index (χ1v) is 11.4. The van der Waals surface area contributed by atoms with Crippen LogP contribution in [0.15, 0.2) is 48.7 Å². The van der Waals surface area contributed by atoms with Crippen LogP contribution in [0.1, 0.15) is 36.6 Å². The summed E-state index contributed by atoms with van der Waals surface area (Å²) in [6.45, 7) is 0. The molecule has 3 aromatic rings. The molecule has 4 rings (SSSR count). The van der Waals surface area contributed by atoms with E-state index in [-0.39, 0.29) is 16.6 Å². The highest BCUT2D eigenvalue weighted by Gasteiger charge is 2.28. The lowest BCUT2D eigenvalue weighted by Crippen LogP contribution is -2.20. The van der Waals surface area contributed by atoms with Crippen molar-refractivity contribution in [3.8, 4) is 10.4 Å². The molecule has 0 spiro atoms. The van der Waals surface area contributed by atoms with E-state index in [0.29, 0.717) is 24.4 Å². The third-order valence-electron chi connectivity index (χ3n) is 5.56. The van der Waals surface area contributed by atoms with Crippen molar-refractivity contribution >= 4 is 46.3 Å². The van der Waals surface area contributed by atoms with Gasteiger partial charge in [-0.05, 0) is 61.6 Å². The molecule has 0 atom stereocenters. The first kappa shape index (κ1) is 22.2. The SMILES string of the molecule is O=C(Nc1ccc(-c2cnc(C3CCC(C(=O)O)CC3)s2)cc1)Nc1ccc(Cl)cc1F. The van der Waals surface area contributed by atoms with Crippen molar-refractivity contribution in [3.05, 3.63) is 64.5 Å². The van der Waals surface area contributed by atoms with Gasteiger partial charge in [0.25, 0.3) is 0 Å². The minimum Gasteiger partial charge on any atom is -0.481 e. The zero-order valence-electron chi connectivity index (χ0n) is 17.0. The summed E-state index contributed by atoms with van der Waals surface area (Å²) in [7, 11) is 0. The number of rotatable bonds is 5. The van der Waals surface area contributed by atoms with Crippen molar-refractivity contribution in [2.75, 3.05) is 10.6 Å². The summed E-state index contributed by atoms with van der Waals surface area (Å²) < 4.78 is 13.8. The van der Waals surface area contributed by atoms with Crippen LogP contribution in [0.25, 0.3) is 10.4 Å². The van der Waals surface area contributed by atoms with Gasteiger partial charge in [0.05, 0.1) is 21.5 Å². The van der Waals surface area contributed by atoms with Crippen LogP contribution in [0.2, 0.25) is 5.02 Å². The molecular formula is C23H21ClFN3O3S. The Balaban J connectivity index is 1.36. The van der Waals surface area contributed by atoms with Gasteiger partial charge in [0.2, 0.25) is 0 Å². The molecule has 1 heterocycles. The van der Waals surface area contributed by atoms with E-state index in [1.54, 1.807) is 23.5 Å². The zero-order chi connectivity index (χ0) is 22.7. The van der Waals surface area contributed by atoms with E-state index in [0.717, 1.165) is 34.4 Å². The van der Waals surface area contributed by atoms with E-state index >= 15 is 0 Å². The van der Waals surface area contributed by atoms with Gasteiger partial charge < -0.3 is 15.7 Å². The first-order valence-electron chi connectivity index (χ1n) is 10.2. The fourth-order valence-corrected chi connectivity index (χ4v) is 5.04. The fourth-order valence-electron chi connectivity index (χ4n) is 3.79. The third kappa shape index (κ3) is 5.26. The molecule has 0 aliphatic heterocycles. The van der Waals surface area contributed by atoms with Gasteiger partial charge in [-0.2, -0.15) is 0 Å². The summed E-state index contributed by atoms with van der Waals surface area (Å²) in [5.74, 6) is -1.24. The zero-order valence-corrected chi connectivity index (χ0v) is 18.5. The summed E-state index contributed by atoms with van der Waals surface area (Å²) in [5.41, 5.74) is 1.58. The molecule has 1 aromatic heterocycles. The molecule has 1 saturated carbocycles. The van der Waals surface area contributed by atoms with Gasteiger partial charge in [0.1, 0.15) is 5.82 Å². The number of urea groups is 1. The van der Waals surface area contributed by atoms with Gasteiger partial charge in [-0.25, -0.2) is 14.2 Å². The molecular weight excluding hydrogens is 453 g/mol. The molecule has 0 unspecified atom stereocenters. The van der Waals surface area contributed by atoms with Crippen molar-refractivity contribution in [2.45, 2.75) is 31.6 Å². The molecule has 166 valence electrons. The number of carbonyl (C=O) groups excluding carboxylic acids is 1. The molecule has 32 heavy (non-hydrogen) atoms. The molecule has 2 aromatic carbocycles. The highest BCUT2D eigenvalue weighted by molar-refractivity contribution is 7.15. The van der Waals surface area contributed by atoms with Gasteiger partial charge in [0.15, 0.2) is 0 Å². The summed E-state index contributed by atoms with van der Waals surface area (Å²) in [5, 5.41) is 15.6. The normalized spacial score (nSPS) is 18.2. The highest BCUT2D eigenvalue weighted by Crippen LogP contribution is 2.39. The lowest BCUT2D eigenvalue weighted by Gasteiger charge is -2.24. The quantitative estimate of drug-likeness (QED) is 0.389. The Labute approximate surface area is 193 Å². The maximum atomic E-state index is 13.8. The number of hydrogen-bond donors (Lipinski definition) is 3. The summed E-state index contributed by atoms with van der Waals surface area (Å²) in [6.07, 6.45) is 4.91. The lowest BCUT2D eigenvalue weighted by atomic mass is 9.82. The number of carboxylic acid groups (broad SMARTS) is 1. The van der Waals surface area contributed by atoms with Crippen molar-refractivity contribution in [3.63, 3.8) is 0 Å². The standard InChI is InChI=1S/C23H21ClFN3O3S/c24-16-7-10-19(18(25)11-16)28-23(31)27-17-8-5-13(6-9-17)20-12-26-21(32-20)14-1-3-15(4-2-14)22(29)30/h5-12,14-15H,1-4H2,(H,29,30)(H2,27,28,31). The van der Waals surface area contributed by atoms with Crippen LogP contribution in [0, 0.1) is 11.7 Å². The second-order valence-electron chi connectivity index (χ2n) is 7.73. The Hall–Kier alpha value is -2.97. The number of aromatic nitrogens is 1. The molecule has 0 saturated heterocycles. The summed E-state index contributed by atoms with van der Waals surface area (Å²) in [4.78, 5) is 28.9. The fraction of sp³-hybridized carbons (Fsp3) is 0.261. The molecule has 0 bridgehead atoms. The molecule has 3 N–H and O–H groups in total. The molecule has 9 heteroatoms. The topological polar surface area (TPSA) is 91.3 Å². The number of thiazole rings is 1. The van der Waals surface area contributed by atoms with E-state index in [1.165, 1.54) is 12.1 Å². The predicted octanol–water partition coefficient (Wildman–Crippen LogP) is 6.61. The van der Waals surface area contributed by atoms with E-state index < -0.39 is 17.8 Å². The third-order valence-corrected chi connectivity index (χ3v) is 7.00. The number of carboxylic acids is 1. The van der Waals surface area contributed by atoms with Crippen LogP contribution in [-0.4, -0.2) is 22.1 Å². The number of nitrogens with one attached hydrogen (secondary N) is 2. The van der Waals surface area contributed by atoms with E-state index in [2.05, 4.69) is 15.6 Å². The summed E-state index contributed by atoms with van der Waals surface area (Å²) >= 11 is 7.33. The van der Waals surface area contributed by atoms with Crippen molar-refractivity contribution in [1.82, 2.24) is 4.98 Å². The van der Waals surface area contributed by atoms with Gasteiger partial charge >= 0.3 is 12.0 Å². The Kier molecular flexibility index (Phi) is 6.72. The molecule has 1 aliphatic rings. The Bertz CT molecular complexity index is 1130. The molecule has 2 amide bonds. The number of halogens is 2. The van der Waals surface area contributed by atoms with E-state index in [9.17, 15) is 14.0 Å². The first-order chi connectivity index (χ1) is 15.4. The van der Waals surface area contributed by atoms with Crippen LogP contribution in [0.4, 0.5) is 20.6 Å². The summed E-state index contributed by atoms with van der Waals surface area (Å²) in [6, 6.07) is 10.8. The van der Waals surface area contributed by atoms with E-state index in [4.69, 9.17) is 16.7 Å². The number of benzene rings is 2. The minimum absolute atomic E-state index is 0.0399. The minimum atomic E-state index is -0.705. The van der Waals surface area contributed by atoms with E-state index in [1.807, 2.05) is 18.3 Å². The molecule has 1 aliphatic carbocycles. The number of aliphatic carboxylic acids is 1. The van der Waals surface area contributed by atoms with Gasteiger partial charge in [0, 0.05) is 22.8 Å². The highest BCUT2D eigenvalue weighted by atomic mass is 35.5. The largest absolute Gasteiger partial charge is 0.481 e. The second-order valence-corrected chi connectivity index (χ2v) is 9.23. The number of nitrogens with zero attached hydrogens (tertiary/aromatic N) is 1. The predicted molar refractivity (Wildman–Crippen MR) is 124 cm³/mol. The number of amides is 2.